The summed E-state index contributed by atoms with van der Waals surface area (Å²) in [5.74, 6) is 0. The minimum atomic E-state index is -4.33. The summed E-state index contributed by atoms with van der Waals surface area (Å²) in [6.07, 6.45) is 1.12. The van der Waals surface area contributed by atoms with Crippen molar-refractivity contribution in [2.75, 3.05) is 19.7 Å². The molecule has 1 saturated heterocycles. The number of nitrogens with zero attached hydrogens (tertiary/aromatic N) is 3. The van der Waals surface area contributed by atoms with Gasteiger partial charge in [-0.1, -0.05) is 34.5 Å². The molecule has 14 heteroatoms. The molecule has 0 radical (unpaired) electrons. The van der Waals surface area contributed by atoms with Crippen LogP contribution in [0.1, 0.15) is 5.56 Å². The Morgan fingerprint density at radius 2 is 2.03 bits per heavy atom. The summed E-state index contributed by atoms with van der Waals surface area (Å²) < 4.78 is 52.3. The van der Waals surface area contributed by atoms with E-state index in [0.29, 0.717) is 11.3 Å². The zero-order valence-corrected chi connectivity index (χ0v) is 18.3. The maximum atomic E-state index is 13.0. The van der Waals surface area contributed by atoms with Gasteiger partial charge in [0, 0.05) is 13.1 Å². The van der Waals surface area contributed by atoms with Crippen molar-refractivity contribution in [1.82, 2.24) is 9.29 Å². The third-order valence-corrected chi connectivity index (χ3v) is 10.5. The maximum Gasteiger partial charge on any atom is 0.244 e. The molecule has 0 saturated carbocycles. The van der Waals surface area contributed by atoms with Crippen molar-refractivity contribution in [2.45, 2.75) is 20.1 Å². The number of sulfonamides is 1. The third kappa shape index (κ3) is 3.89. The van der Waals surface area contributed by atoms with E-state index < -0.39 is 54.7 Å². The van der Waals surface area contributed by atoms with Crippen molar-refractivity contribution in [2.24, 2.45) is 0 Å². The van der Waals surface area contributed by atoms with Gasteiger partial charge >= 0.3 is 0 Å². The molecule has 9 nitrogen and oxygen atoms in total. The van der Waals surface area contributed by atoms with E-state index in [1.807, 2.05) is 6.07 Å². The van der Waals surface area contributed by atoms with Crippen LogP contribution >= 0.6 is 34.5 Å². The highest BCUT2D eigenvalue weighted by molar-refractivity contribution is 7.94. The Labute approximate surface area is 180 Å². The summed E-state index contributed by atoms with van der Waals surface area (Å²) in [7, 11) is -8.64. The van der Waals surface area contributed by atoms with Crippen LogP contribution in [0.2, 0.25) is 9.36 Å². The van der Waals surface area contributed by atoms with E-state index in [0.717, 1.165) is 22.6 Å². The first-order valence-corrected chi connectivity index (χ1v) is 12.4. The summed E-state index contributed by atoms with van der Waals surface area (Å²) in [6.45, 7) is -2.30. The first kappa shape index (κ1) is 22.4. The van der Waals surface area contributed by atoms with Crippen LogP contribution in [-0.4, -0.2) is 66.9 Å². The second-order valence-electron chi connectivity index (χ2n) is 6.28. The van der Waals surface area contributed by atoms with Gasteiger partial charge in [-0.05, 0) is 18.2 Å². The monoisotopic (exact) mass is 497 g/mol. The number of halogens is 2. The summed E-state index contributed by atoms with van der Waals surface area (Å²) in [5.41, 5.74) is -2.12. The van der Waals surface area contributed by atoms with Crippen molar-refractivity contribution >= 4 is 54.4 Å². The predicted octanol–water partition coefficient (Wildman–Crippen LogP) is 0.892. The molecule has 0 spiro atoms. The van der Waals surface area contributed by atoms with Gasteiger partial charge in [-0.15, -0.1) is 0 Å². The lowest BCUT2D eigenvalue weighted by Gasteiger charge is -2.25. The molecule has 1 aromatic carbocycles. The molecule has 2 N–H and O–H groups in total. The van der Waals surface area contributed by atoms with Crippen LogP contribution in [0.15, 0.2) is 33.6 Å². The van der Waals surface area contributed by atoms with E-state index >= 15 is 0 Å². The first-order chi connectivity index (χ1) is 13.5. The van der Waals surface area contributed by atoms with Gasteiger partial charge < -0.3 is 10.2 Å². The second kappa shape index (κ2) is 7.75. The molecule has 2 atom stereocenters. The van der Waals surface area contributed by atoms with Crippen molar-refractivity contribution in [1.29, 1.82) is 5.26 Å². The summed E-state index contributed by atoms with van der Waals surface area (Å²) in [6, 6.07) is 5.36. The molecule has 0 aliphatic carbocycles. The van der Waals surface area contributed by atoms with E-state index in [1.165, 1.54) is 6.07 Å². The quantitative estimate of drug-likeness (QED) is 0.618. The molecule has 2 aromatic rings. The van der Waals surface area contributed by atoms with Crippen LogP contribution in [0.3, 0.4) is 0 Å². The number of aromatic nitrogens is 1. The lowest BCUT2D eigenvalue weighted by Crippen LogP contribution is -2.49. The number of sulfone groups is 1. The van der Waals surface area contributed by atoms with Gasteiger partial charge in [-0.3, -0.25) is 0 Å². The molecule has 1 fully saturated rings. The average Bonchev–Trinajstić information content (AvgIpc) is 3.26. The van der Waals surface area contributed by atoms with Crippen molar-refractivity contribution in [3.05, 3.63) is 39.3 Å². The predicted molar refractivity (Wildman–Crippen MR) is 105 cm³/mol. The van der Waals surface area contributed by atoms with E-state index in [4.69, 9.17) is 28.5 Å². The Bertz CT molecular complexity index is 1210. The fourth-order valence-corrected chi connectivity index (χ4v) is 8.50. The minimum absolute atomic E-state index is 0.1000. The van der Waals surface area contributed by atoms with Crippen molar-refractivity contribution < 1.29 is 27.0 Å². The third-order valence-electron chi connectivity index (χ3n) is 4.45. The number of aliphatic hydroxyl groups excluding tert-OH is 1. The molecule has 0 amide bonds. The minimum Gasteiger partial charge on any atom is -0.393 e. The molecular weight excluding hydrogens is 485 g/mol. The lowest BCUT2D eigenvalue weighted by molar-refractivity contribution is 0.00160. The zero-order valence-electron chi connectivity index (χ0n) is 14.4. The van der Waals surface area contributed by atoms with Crippen LogP contribution in [0.5, 0.6) is 0 Å². The van der Waals surface area contributed by atoms with Gasteiger partial charge in [0.15, 0.2) is 0 Å². The number of aliphatic hydroxyl groups is 2. The molecule has 156 valence electrons. The van der Waals surface area contributed by atoms with E-state index in [-0.39, 0.29) is 19.8 Å². The van der Waals surface area contributed by atoms with Gasteiger partial charge in [0.05, 0.1) is 29.5 Å². The van der Waals surface area contributed by atoms with E-state index in [2.05, 4.69) is 4.98 Å². The van der Waals surface area contributed by atoms with Crippen molar-refractivity contribution in [3.63, 3.8) is 0 Å². The molecule has 1 aromatic heterocycles. The normalized spacial score (nSPS) is 23.2. The Kier molecular flexibility index (Phi) is 5.98. The molecule has 2 heterocycles. The number of β-amino-alcohol motifs (C(OH)–C–C–N with tert-alkyl or cyclic N) is 1. The van der Waals surface area contributed by atoms with Crippen LogP contribution in [-0.2, 0) is 19.9 Å². The summed E-state index contributed by atoms with van der Waals surface area (Å²) >= 11 is 12.4. The van der Waals surface area contributed by atoms with E-state index in [9.17, 15) is 27.0 Å². The molecule has 1 aliphatic rings. The smallest absolute Gasteiger partial charge is 0.244 e. The van der Waals surface area contributed by atoms with Crippen LogP contribution in [0.25, 0.3) is 0 Å². The zero-order chi connectivity index (χ0) is 21.6. The number of rotatable bonds is 5. The molecular formula is C15H13Cl2N3O6S3. The number of hydrogen-bond donors (Lipinski definition) is 2. The Balaban J connectivity index is 2.02. The van der Waals surface area contributed by atoms with Crippen LogP contribution < -0.4 is 0 Å². The highest BCUT2D eigenvalue weighted by atomic mass is 35.5. The van der Waals surface area contributed by atoms with Gasteiger partial charge in [0.1, 0.15) is 20.1 Å². The van der Waals surface area contributed by atoms with Crippen molar-refractivity contribution in [3.8, 4) is 6.07 Å². The number of benzene rings is 1. The Morgan fingerprint density at radius 3 is 2.55 bits per heavy atom. The highest BCUT2D eigenvalue weighted by Crippen LogP contribution is 2.37. The number of nitriles is 1. The fraction of sp³-hybridized carbons (Fsp3) is 0.333. The van der Waals surface area contributed by atoms with Gasteiger partial charge in [-0.25, -0.2) is 21.8 Å². The second-order valence-corrected chi connectivity index (χ2v) is 12.6. The SMILES string of the molecule is N#Cc1ccc(S(=O)(=O)N2C[C@H](S(=O)(=O)c3ncc(Cl)s3)[C@](O)(CO)C2)c(Cl)c1. The maximum absolute atomic E-state index is 13.0. The highest BCUT2D eigenvalue weighted by Gasteiger charge is 2.56. The topological polar surface area (TPSA) is 149 Å². The fourth-order valence-electron chi connectivity index (χ4n) is 2.96. The summed E-state index contributed by atoms with van der Waals surface area (Å²) in [4.78, 5) is 3.34. The van der Waals surface area contributed by atoms with Gasteiger partial charge in [0.25, 0.3) is 0 Å². The lowest BCUT2D eigenvalue weighted by atomic mass is 10.1. The number of hydrogen-bond acceptors (Lipinski definition) is 9. The molecule has 1 aliphatic heterocycles. The number of thiazole rings is 1. The molecule has 29 heavy (non-hydrogen) atoms. The molecule has 0 unspecified atom stereocenters. The summed E-state index contributed by atoms with van der Waals surface area (Å²) in [5, 5.41) is 27.4. The largest absolute Gasteiger partial charge is 0.393 e. The van der Waals surface area contributed by atoms with Crippen LogP contribution in [0, 0.1) is 11.3 Å². The van der Waals surface area contributed by atoms with Gasteiger partial charge in [-0.2, -0.15) is 9.57 Å². The average molecular weight is 498 g/mol. The molecule has 3 rings (SSSR count). The first-order valence-electron chi connectivity index (χ1n) is 7.84. The molecule has 0 bridgehead atoms. The Hall–Kier alpha value is -1.30. The van der Waals surface area contributed by atoms with Crippen LogP contribution in [0.4, 0.5) is 0 Å². The van der Waals surface area contributed by atoms with E-state index in [1.54, 1.807) is 0 Å². The standard InChI is InChI=1S/C15H13Cl2N3O6S3/c16-10-3-9(4-18)1-2-11(10)29(25,26)20-6-12(15(22,7-20)8-21)28(23,24)14-19-5-13(17)27-14/h1-3,5,12,21-22H,6-8H2/t12-,15+/m0/s1. The van der Waals surface area contributed by atoms with Gasteiger partial charge in [0.2, 0.25) is 24.2 Å². The Morgan fingerprint density at radius 1 is 1.34 bits per heavy atom.